The number of aromatic nitrogens is 2. The average molecular weight is 817 g/mol. The SMILES string of the molecule is CC1(C)c2cc3ccccc3cc2-c2c(-c3cc(-c4ccc(-c5ccc(-c6cccc7oc8cc9ccccc9cc8c67)cc5)c5ccccc45)nc(-c4ccccc4)n3)cccc21. The van der Waals surface area contributed by atoms with Crippen LogP contribution in [0.1, 0.15) is 25.0 Å². The second-order valence-corrected chi connectivity index (χ2v) is 17.7. The largest absolute Gasteiger partial charge is 0.456 e. The standard InChI is InChI=1S/C61H40N2O/c1-61(2)52-24-12-23-49(58(52)50-32-40-16-6-8-18-42(40)34-53(50)61)55-36-54(62-60(63-55)39-14-4-3-5-15-39)48-31-30-44(46-20-10-11-21-47(46)48)37-26-28-38(29-27-37)45-22-13-25-56-59(45)51-33-41-17-7-9-19-43(41)35-57(51)64-56/h3-36H,1-2H3. The van der Waals surface area contributed by atoms with Gasteiger partial charge in [-0.25, -0.2) is 9.97 Å². The Bertz CT molecular complexity index is 3860. The van der Waals surface area contributed by atoms with E-state index < -0.39 is 0 Å². The molecule has 1 aliphatic rings. The van der Waals surface area contributed by atoms with Crippen molar-refractivity contribution in [2.24, 2.45) is 0 Å². The molecule has 0 unspecified atom stereocenters. The monoisotopic (exact) mass is 816 g/mol. The third-order valence-electron chi connectivity index (χ3n) is 13.7. The molecule has 0 saturated heterocycles. The Hall–Kier alpha value is -8.14. The highest BCUT2D eigenvalue weighted by atomic mass is 16.3. The molecule has 300 valence electrons. The van der Waals surface area contributed by atoms with Crippen LogP contribution in [0.3, 0.4) is 0 Å². The summed E-state index contributed by atoms with van der Waals surface area (Å²) in [5, 5.41) is 9.49. The summed E-state index contributed by atoms with van der Waals surface area (Å²) in [6, 6.07) is 74.2. The van der Waals surface area contributed by atoms with Crippen LogP contribution in [0.5, 0.6) is 0 Å². The van der Waals surface area contributed by atoms with Gasteiger partial charge in [0.15, 0.2) is 5.82 Å². The molecule has 3 heteroatoms. The number of furan rings is 1. The summed E-state index contributed by atoms with van der Waals surface area (Å²) in [5.41, 5.74) is 16.5. The number of nitrogens with zero attached hydrogens (tertiary/aromatic N) is 2. The van der Waals surface area contributed by atoms with E-state index in [4.69, 9.17) is 14.4 Å². The van der Waals surface area contributed by atoms with E-state index in [1.165, 1.54) is 54.7 Å². The molecule has 0 spiro atoms. The molecule has 0 bridgehead atoms. The fourth-order valence-electron chi connectivity index (χ4n) is 10.5. The van der Waals surface area contributed by atoms with Crippen LogP contribution in [0.25, 0.3) is 122 Å². The molecule has 0 aliphatic heterocycles. The molecule has 13 rings (SSSR count). The molecular weight excluding hydrogens is 777 g/mol. The summed E-state index contributed by atoms with van der Waals surface area (Å²) >= 11 is 0. The summed E-state index contributed by atoms with van der Waals surface area (Å²) in [6.45, 7) is 4.70. The highest BCUT2D eigenvalue weighted by molar-refractivity contribution is 6.16. The molecule has 0 atom stereocenters. The van der Waals surface area contributed by atoms with Crippen molar-refractivity contribution in [2.75, 3.05) is 0 Å². The summed E-state index contributed by atoms with van der Waals surface area (Å²) in [4.78, 5) is 10.7. The zero-order valence-electron chi connectivity index (χ0n) is 35.4. The lowest BCUT2D eigenvalue weighted by Gasteiger charge is -2.22. The van der Waals surface area contributed by atoms with E-state index in [1.54, 1.807) is 0 Å². The van der Waals surface area contributed by atoms with Crippen molar-refractivity contribution >= 4 is 54.3 Å². The highest BCUT2D eigenvalue weighted by Gasteiger charge is 2.37. The van der Waals surface area contributed by atoms with Crippen LogP contribution in [-0.4, -0.2) is 9.97 Å². The van der Waals surface area contributed by atoms with E-state index in [0.717, 1.165) is 72.1 Å². The molecule has 2 heterocycles. The molecule has 0 saturated carbocycles. The molecule has 3 nitrogen and oxygen atoms in total. The number of benzene rings is 10. The van der Waals surface area contributed by atoms with Gasteiger partial charge in [-0.3, -0.25) is 0 Å². The minimum atomic E-state index is -0.163. The van der Waals surface area contributed by atoms with Gasteiger partial charge >= 0.3 is 0 Å². The van der Waals surface area contributed by atoms with Crippen molar-refractivity contribution < 1.29 is 4.42 Å². The second kappa shape index (κ2) is 13.9. The highest BCUT2D eigenvalue weighted by Crippen LogP contribution is 2.53. The van der Waals surface area contributed by atoms with Crippen LogP contribution in [0.15, 0.2) is 211 Å². The number of rotatable bonds is 5. The van der Waals surface area contributed by atoms with Crippen molar-refractivity contribution in [3.8, 4) is 67.3 Å². The first-order chi connectivity index (χ1) is 31.5. The third kappa shape index (κ3) is 5.60. The number of hydrogen-bond donors (Lipinski definition) is 0. The fourth-order valence-corrected chi connectivity index (χ4v) is 10.5. The Morgan fingerprint density at radius 1 is 0.359 bits per heavy atom. The van der Waals surface area contributed by atoms with Crippen molar-refractivity contribution in [3.05, 3.63) is 217 Å². The van der Waals surface area contributed by atoms with E-state index in [9.17, 15) is 0 Å². The summed E-state index contributed by atoms with van der Waals surface area (Å²) < 4.78 is 6.42. The van der Waals surface area contributed by atoms with E-state index >= 15 is 0 Å². The van der Waals surface area contributed by atoms with Gasteiger partial charge in [0.2, 0.25) is 0 Å². The normalized spacial score (nSPS) is 13.0. The maximum Gasteiger partial charge on any atom is 0.160 e. The van der Waals surface area contributed by atoms with Crippen molar-refractivity contribution in [1.29, 1.82) is 0 Å². The van der Waals surface area contributed by atoms with Crippen molar-refractivity contribution in [1.82, 2.24) is 9.97 Å². The smallest absolute Gasteiger partial charge is 0.160 e. The molecule has 64 heavy (non-hydrogen) atoms. The van der Waals surface area contributed by atoms with E-state index in [2.05, 4.69) is 214 Å². The van der Waals surface area contributed by atoms with Gasteiger partial charge in [0.25, 0.3) is 0 Å². The Kier molecular flexibility index (Phi) is 7.95. The van der Waals surface area contributed by atoms with Crippen molar-refractivity contribution in [2.45, 2.75) is 19.3 Å². The van der Waals surface area contributed by atoms with Crippen LogP contribution in [0.2, 0.25) is 0 Å². The van der Waals surface area contributed by atoms with E-state index in [-0.39, 0.29) is 5.41 Å². The predicted octanol–water partition coefficient (Wildman–Crippen LogP) is 16.5. The maximum absolute atomic E-state index is 6.42. The van der Waals surface area contributed by atoms with Crippen LogP contribution in [-0.2, 0) is 5.41 Å². The van der Waals surface area contributed by atoms with E-state index in [1.807, 2.05) is 6.07 Å². The Morgan fingerprint density at radius 2 is 0.938 bits per heavy atom. The second-order valence-electron chi connectivity index (χ2n) is 17.7. The van der Waals surface area contributed by atoms with Gasteiger partial charge in [0.1, 0.15) is 11.2 Å². The van der Waals surface area contributed by atoms with Crippen molar-refractivity contribution in [3.63, 3.8) is 0 Å². The molecule has 0 amide bonds. The molecule has 12 aromatic rings. The van der Waals surface area contributed by atoms with Crippen LogP contribution >= 0.6 is 0 Å². The molecule has 10 aromatic carbocycles. The Morgan fingerprint density at radius 3 is 1.69 bits per heavy atom. The topological polar surface area (TPSA) is 38.9 Å². The zero-order valence-corrected chi connectivity index (χ0v) is 35.4. The van der Waals surface area contributed by atoms with Crippen LogP contribution in [0.4, 0.5) is 0 Å². The average Bonchev–Trinajstić information content (AvgIpc) is 3.82. The molecule has 2 aromatic heterocycles. The number of fused-ring (bicyclic) bond motifs is 9. The summed E-state index contributed by atoms with van der Waals surface area (Å²) in [7, 11) is 0. The van der Waals surface area contributed by atoms with Gasteiger partial charge in [0, 0.05) is 32.9 Å². The number of hydrogen-bond acceptors (Lipinski definition) is 3. The molecule has 1 aliphatic carbocycles. The minimum absolute atomic E-state index is 0.163. The predicted molar refractivity (Wildman–Crippen MR) is 267 cm³/mol. The molecule has 0 fully saturated rings. The van der Waals surface area contributed by atoms with Gasteiger partial charge in [-0.1, -0.05) is 184 Å². The quantitative estimate of drug-likeness (QED) is 0.174. The van der Waals surface area contributed by atoms with Gasteiger partial charge in [-0.05, 0) is 113 Å². The lowest BCUT2D eigenvalue weighted by atomic mass is 9.81. The van der Waals surface area contributed by atoms with Gasteiger partial charge in [0.05, 0.1) is 11.4 Å². The first-order valence-electron chi connectivity index (χ1n) is 22.1. The van der Waals surface area contributed by atoms with E-state index in [0.29, 0.717) is 5.82 Å². The van der Waals surface area contributed by atoms with Gasteiger partial charge < -0.3 is 4.42 Å². The lowest BCUT2D eigenvalue weighted by Crippen LogP contribution is -2.14. The maximum atomic E-state index is 6.42. The summed E-state index contributed by atoms with van der Waals surface area (Å²) in [5.74, 6) is 0.707. The fraction of sp³-hybridized carbons (Fsp3) is 0.0492. The first kappa shape index (κ1) is 36.5. The zero-order chi connectivity index (χ0) is 42.5. The lowest BCUT2D eigenvalue weighted by molar-refractivity contribution is 0.661. The minimum Gasteiger partial charge on any atom is -0.456 e. The molecule has 0 radical (unpaired) electrons. The van der Waals surface area contributed by atoms with Crippen LogP contribution < -0.4 is 0 Å². The van der Waals surface area contributed by atoms with Crippen LogP contribution in [0, 0.1) is 0 Å². The van der Waals surface area contributed by atoms with Gasteiger partial charge in [-0.2, -0.15) is 0 Å². The molecular formula is C61H40N2O. The summed E-state index contributed by atoms with van der Waals surface area (Å²) in [6.07, 6.45) is 0. The Labute approximate surface area is 371 Å². The van der Waals surface area contributed by atoms with Gasteiger partial charge in [-0.15, -0.1) is 0 Å². The third-order valence-corrected chi connectivity index (χ3v) is 13.7. The molecule has 0 N–H and O–H groups in total. The Balaban J connectivity index is 0.943. The first-order valence-corrected chi connectivity index (χ1v) is 22.1.